The molecule has 2 aromatic rings. The van der Waals surface area contributed by atoms with Crippen molar-refractivity contribution in [3.63, 3.8) is 0 Å². The Bertz CT molecular complexity index is 760. The number of amides is 1. The van der Waals surface area contributed by atoms with Gasteiger partial charge in [-0.2, -0.15) is 0 Å². The Labute approximate surface area is 155 Å². The Hall–Kier alpha value is -2.93. The number of ether oxygens (including phenoxy) is 2. The van der Waals surface area contributed by atoms with Crippen molar-refractivity contribution >= 4 is 5.91 Å². The first-order chi connectivity index (χ1) is 12.7. The van der Waals surface area contributed by atoms with Gasteiger partial charge in [0.15, 0.2) is 11.5 Å². The van der Waals surface area contributed by atoms with Crippen LogP contribution in [0.15, 0.2) is 42.5 Å². The number of carbonyl (C=O) groups is 1. The van der Waals surface area contributed by atoms with Gasteiger partial charge < -0.3 is 14.8 Å². The molecule has 1 amide bonds. The fourth-order valence-electron chi connectivity index (χ4n) is 2.55. The third-order valence-corrected chi connectivity index (χ3v) is 4.10. The highest BCUT2D eigenvalue weighted by Gasteiger charge is 2.08. The van der Waals surface area contributed by atoms with Gasteiger partial charge in [-0.3, -0.25) is 4.79 Å². The molecule has 0 unspecified atom stereocenters. The van der Waals surface area contributed by atoms with E-state index in [2.05, 4.69) is 42.4 Å². The lowest BCUT2D eigenvalue weighted by molar-refractivity contribution is -0.121. The molecule has 0 bridgehead atoms. The molecular weight excluding hydrogens is 326 g/mol. The van der Waals surface area contributed by atoms with Crippen LogP contribution in [-0.4, -0.2) is 19.6 Å². The first-order valence-electron chi connectivity index (χ1n) is 8.74. The van der Waals surface area contributed by atoms with Crippen molar-refractivity contribution in [2.45, 2.75) is 32.7 Å². The Balaban J connectivity index is 1.83. The average Bonchev–Trinajstić information content (AvgIpc) is 2.69. The quantitative estimate of drug-likeness (QED) is 0.703. The molecule has 0 saturated carbocycles. The van der Waals surface area contributed by atoms with Crippen LogP contribution < -0.4 is 14.8 Å². The highest BCUT2D eigenvalue weighted by atomic mass is 16.5. The summed E-state index contributed by atoms with van der Waals surface area (Å²) in [6.07, 6.45) is 7.27. The van der Waals surface area contributed by atoms with E-state index in [1.54, 1.807) is 7.11 Å². The van der Waals surface area contributed by atoms with Gasteiger partial charge in [0.1, 0.15) is 6.61 Å². The zero-order valence-corrected chi connectivity index (χ0v) is 15.4. The SMILES string of the molecule is C#CCOc1ccc(CCC(=O)NCc2ccc(CC)cc2)cc1OC. The summed E-state index contributed by atoms with van der Waals surface area (Å²) in [7, 11) is 1.58. The molecule has 0 radical (unpaired) electrons. The van der Waals surface area contributed by atoms with Gasteiger partial charge in [-0.15, -0.1) is 6.42 Å². The molecule has 2 aromatic carbocycles. The van der Waals surface area contributed by atoms with Gasteiger partial charge in [0.05, 0.1) is 7.11 Å². The number of rotatable bonds is 9. The lowest BCUT2D eigenvalue weighted by Crippen LogP contribution is -2.23. The first kappa shape index (κ1) is 19.4. The number of hydrogen-bond acceptors (Lipinski definition) is 3. The van der Waals surface area contributed by atoms with E-state index in [0.29, 0.717) is 30.9 Å². The second-order valence-electron chi connectivity index (χ2n) is 5.92. The third kappa shape index (κ3) is 5.86. The van der Waals surface area contributed by atoms with E-state index in [0.717, 1.165) is 17.5 Å². The summed E-state index contributed by atoms with van der Waals surface area (Å²) in [6, 6.07) is 13.9. The summed E-state index contributed by atoms with van der Waals surface area (Å²) >= 11 is 0. The fourth-order valence-corrected chi connectivity index (χ4v) is 2.55. The van der Waals surface area contributed by atoms with Crippen molar-refractivity contribution in [3.05, 3.63) is 59.2 Å². The molecule has 0 atom stereocenters. The molecule has 0 spiro atoms. The van der Waals surface area contributed by atoms with Crippen LogP contribution in [0, 0.1) is 12.3 Å². The summed E-state index contributed by atoms with van der Waals surface area (Å²) in [5.41, 5.74) is 3.41. The molecule has 0 saturated heterocycles. The molecule has 0 fully saturated rings. The second-order valence-corrected chi connectivity index (χ2v) is 5.92. The summed E-state index contributed by atoms with van der Waals surface area (Å²) < 4.78 is 10.7. The van der Waals surface area contributed by atoms with Crippen LogP contribution in [-0.2, 0) is 24.2 Å². The molecule has 1 N–H and O–H groups in total. The molecule has 0 aliphatic heterocycles. The number of aryl methyl sites for hydroxylation is 2. The van der Waals surface area contributed by atoms with Gasteiger partial charge in [-0.1, -0.05) is 43.2 Å². The van der Waals surface area contributed by atoms with Crippen molar-refractivity contribution in [2.75, 3.05) is 13.7 Å². The smallest absolute Gasteiger partial charge is 0.220 e. The first-order valence-corrected chi connectivity index (χ1v) is 8.74. The molecule has 4 nitrogen and oxygen atoms in total. The molecule has 4 heteroatoms. The fraction of sp³-hybridized carbons (Fsp3) is 0.318. The molecule has 26 heavy (non-hydrogen) atoms. The van der Waals surface area contributed by atoms with Crippen LogP contribution in [0.2, 0.25) is 0 Å². The topological polar surface area (TPSA) is 47.6 Å². The van der Waals surface area contributed by atoms with Gasteiger partial charge in [0.2, 0.25) is 5.91 Å². The number of terminal acetylenes is 1. The highest BCUT2D eigenvalue weighted by Crippen LogP contribution is 2.28. The van der Waals surface area contributed by atoms with Crippen LogP contribution in [0.5, 0.6) is 11.5 Å². The van der Waals surface area contributed by atoms with Crippen molar-refractivity contribution < 1.29 is 14.3 Å². The van der Waals surface area contributed by atoms with E-state index in [-0.39, 0.29) is 12.5 Å². The number of benzene rings is 2. The molecule has 0 aliphatic carbocycles. The van der Waals surface area contributed by atoms with Gasteiger partial charge in [-0.25, -0.2) is 0 Å². The van der Waals surface area contributed by atoms with Gasteiger partial charge in [-0.05, 0) is 41.7 Å². The van der Waals surface area contributed by atoms with Crippen LogP contribution in [0.4, 0.5) is 0 Å². The molecular formula is C22H25NO3. The number of nitrogens with one attached hydrogen (secondary N) is 1. The van der Waals surface area contributed by atoms with Crippen LogP contribution in [0.25, 0.3) is 0 Å². The van der Waals surface area contributed by atoms with Crippen LogP contribution in [0.1, 0.15) is 30.0 Å². The Morgan fingerprint density at radius 2 is 1.77 bits per heavy atom. The van der Waals surface area contributed by atoms with Crippen molar-refractivity contribution in [1.82, 2.24) is 5.32 Å². The normalized spacial score (nSPS) is 10.0. The zero-order chi connectivity index (χ0) is 18.8. The highest BCUT2D eigenvalue weighted by molar-refractivity contribution is 5.76. The largest absolute Gasteiger partial charge is 0.493 e. The average molecular weight is 351 g/mol. The standard InChI is InChI=1S/C22H25NO3/c1-4-14-26-20-12-10-18(15-21(20)25-3)11-13-22(24)23-16-19-8-6-17(5-2)7-9-19/h1,6-10,12,15H,5,11,13-14,16H2,2-3H3,(H,23,24). The summed E-state index contributed by atoms with van der Waals surface area (Å²) in [4.78, 5) is 12.1. The van der Waals surface area contributed by atoms with Crippen molar-refractivity contribution in [1.29, 1.82) is 0 Å². The molecule has 136 valence electrons. The summed E-state index contributed by atoms with van der Waals surface area (Å²) in [5.74, 6) is 3.67. The van der Waals surface area contributed by atoms with Gasteiger partial charge in [0.25, 0.3) is 0 Å². The predicted octanol–water partition coefficient (Wildman–Crippen LogP) is 3.52. The van der Waals surface area contributed by atoms with E-state index in [4.69, 9.17) is 15.9 Å². The minimum Gasteiger partial charge on any atom is -0.493 e. The van der Waals surface area contributed by atoms with E-state index >= 15 is 0 Å². The van der Waals surface area contributed by atoms with Crippen molar-refractivity contribution in [2.24, 2.45) is 0 Å². The molecule has 0 aromatic heterocycles. The maximum atomic E-state index is 12.1. The predicted molar refractivity (Wildman–Crippen MR) is 103 cm³/mol. The summed E-state index contributed by atoms with van der Waals surface area (Å²) in [6.45, 7) is 2.86. The lowest BCUT2D eigenvalue weighted by atomic mass is 10.1. The van der Waals surface area contributed by atoms with Gasteiger partial charge in [0, 0.05) is 13.0 Å². The minimum absolute atomic E-state index is 0.0243. The molecule has 2 rings (SSSR count). The number of hydrogen-bond donors (Lipinski definition) is 1. The number of methoxy groups -OCH3 is 1. The second kappa shape index (κ2) is 10.1. The monoisotopic (exact) mass is 351 g/mol. The Morgan fingerprint density at radius 1 is 1.08 bits per heavy atom. The maximum absolute atomic E-state index is 12.1. The maximum Gasteiger partial charge on any atom is 0.220 e. The van der Waals surface area contributed by atoms with E-state index in [1.807, 2.05) is 18.2 Å². The minimum atomic E-state index is 0.0243. The van der Waals surface area contributed by atoms with E-state index in [1.165, 1.54) is 5.56 Å². The van der Waals surface area contributed by atoms with Gasteiger partial charge >= 0.3 is 0 Å². The Kier molecular flexibility index (Phi) is 7.57. The molecule has 0 aliphatic rings. The lowest BCUT2D eigenvalue weighted by Gasteiger charge is -2.11. The van der Waals surface area contributed by atoms with Crippen molar-refractivity contribution in [3.8, 4) is 23.8 Å². The third-order valence-electron chi connectivity index (χ3n) is 4.10. The molecule has 0 heterocycles. The van der Waals surface area contributed by atoms with Crippen LogP contribution in [0.3, 0.4) is 0 Å². The number of carbonyl (C=O) groups excluding carboxylic acids is 1. The van der Waals surface area contributed by atoms with E-state index in [9.17, 15) is 4.79 Å². The summed E-state index contributed by atoms with van der Waals surface area (Å²) in [5, 5.41) is 2.96. The zero-order valence-electron chi connectivity index (χ0n) is 15.4. The Morgan fingerprint density at radius 3 is 2.42 bits per heavy atom. The van der Waals surface area contributed by atoms with E-state index < -0.39 is 0 Å². The van der Waals surface area contributed by atoms with Crippen LogP contribution >= 0.6 is 0 Å².